The minimum atomic E-state index is -0.633. The van der Waals surface area contributed by atoms with Crippen molar-refractivity contribution >= 4 is 17.8 Å². The predicted molar refractivity (Wildman–Crippen MR) is 65.7 cm³/mol. The van der Waals surface area contributed by atoms with Crippen molar-refractivity contribution in [3.63, 3.8) is 0 Å². The molecule has 0 saturated heterocycles. The molecule has 0 aliphatic rings. The molecule has 0 fully saturated rings. The van der Waals surface area contributed by atoms with Crippen LogP contribution >= 0.6 is 0 Å². The number of nitrogens with zero attached hydrogens (tertiary/aromatic N) is 1. The molecule has 0 bridgehead atoms. The largest absolute Gasteiger partial charge is 0.466 e. The van der Waals surface area contributed by atoms with Crippen LogP contribution in [-0.4, -0.2) is 49.8 Å². The van der Waals surface area contributed by atoms with Crippen LogP contribution in [0.1, 0.15) is 20.3 Å². The summed E-state index contributed by atoms with van der Waals surface area (Å²) in [6.45, 7) is 2.65. The Hall–Kier alpha value is -1.89. The van der Waals surface area contributed by atoms with Crippen LogP contribution in [0.3, 0.4) is 0 Å². The number of hydrogen-bond acceptors (Lipinski definition) is 6. The average molecular weight is 273 g/mol. The van der Waals surface area contributed by atoms with Gasteiger partial charge in [-0.2, -0.15) is 0 Å². The maximum atomic E-state index is 11.4. The van der Waals surface area contributed by atoms with E-state index in [9.17, 15) is 14.4 Å². The summed E-state index contributed by atoms with van der Waals surface area (Å²) in [6.07, 6.45) is 2.29. The van der Waals surface area contributed by atoms with Crippen LogP contribution in [0.4, 0.5) is 0 Å². The first-order valence-electron chi connectivity index (χ1n) is 5.67. The minimum Gasteiger partial charge on any atom is -0.466 e. The number of rotatable bonds is 7. The lowest BCUT2D eigenvalue weighted by Gasteiger charge is -2.14. The molecule has 0 aromatic rings. The van der Waals surface area contributed by atoms with Crippen molar-refractivity contribution in [2.24, 2.45) is 0 Å². The zero-order valence-corrected chi connectivity index (χ0v) is 11.5. The van der Waals surface area contributed by atoms with Gasteiger partial charge in [0.25, 0.3) is 5.91 Å². The molecule has 7 nitrogen and oxygen atoms in total. The summed E-state index contributed by atoms with van der Waals surface area (Å²) in [5, 5.41) is 1.02. The molecular weight excluding hydrogens is 254 g/mol. The van der Waals surface area contributed by atoms with E-state index in [2.05, 4.69) is 0 Å². The van der Waals surface area contributed by atoms with E-state index in [1.807, 2.05) is 0 Å². The number of esters is 2. The molecule has 0 N–H and O–H groups in total. The normalized spacial score (nSPS) is 12.0. The van der Waals surface area contributed by atoms with E-state index in [4.69, 9.17) is 14.3 Å². The third-order valence-electron chi connectivity index (χ3n) is 2.06. The molecule has 0 radical (unpaired) electrons. The Balaban J connectivity index is 4.41. The van der Waals surface area contributed by atoms with Crippen molar-refractivity contribution in [2.75, 3.05) is 20.8 Å². The van der Waals surface area contributed by atoms with Crippen molar-refractivity contribution in [3.05, 3.63) is 12.2 Å². The molecule has 1 atom stereocenters. The molecule has 0 aromatic heterocycles. The van der Waals surface area contributed by atoms with Crippen LogP contribution in [0.25, 0.3) is 0 Å². The Morgan fingerprint density at radius 1 is 1.21 bits per heavy atom. The van der Waals surface area contributed by atoms with Crippen LogP contribution in [0.2, 0.25) is 0 Å². The molecule has 0 spiro atoms. The number of ether oxygens (including phenoxy) is 2. The zero-order chi connectivity index (χ0) is 14.8. The van der Waals surface area contributed by atoms with E-state index in [-0.39, 0.29) is 13.0 Å². The molecule has 0 heterocycles. The topological polar surface area (TPSA) is 82.1 Å². The fourth-order valence-electron chi connectivity index (χ4n) is 1.11. The van der Waals surface area contributed by atoms with Gasteiger partial charge < -0.3 is 9.47 Å². The summed E-state index contributed by atoms with van der Waals surface area (Å²) in [7, 11) is 2.81. The van der Waals surface area contributed by atoms with E-state index >= 15 is 0 Å². The molecule has 1 amide bonds. The van der Waals surface area contributed by atoms with Crippen LogP contribution in [0.15, 0.2) is 12.2 Å². The SMILES string of the molecule is CON(C)C(=O)/C=C/C(CCOC(C)=O)OC(C)=O. The van der Waals surface area contributed by atoms with Gasteiger partial charge in [0.15, 0.2) is 0 Å². The standard InChI is InChI=1S/C12H19NO6/c1-9(14)18-8-7-11(19-10(2)15)5-6-12(16)13(3)17-4/h5-6,11H,7-8H2,1-4H3/b6-5+. The van der Waals surface area contributed by atoms with Gasteiger partial charge in [-0.3, -0.25) is 19.2 Å². The summed E-state index contributed by atoms with van der Waals surface area (Å²) in [6, 6.07) is 0. The highest BCUT2D eigenvalue weighted by molar-refractivity contribution is 5.86. The van der Waals surface area contributed by atoms with Crippen molar-refractivity contribution < 1.29 is 28.7 Å². The summed E-state index contributed by atoms with van der Waals surface area (Å²) in [5.41, 5.74) is 0. The van der Waals surface area contributed by atoms with E-state index < -0.39 is 23.9 Å². The summed E-state index contributed by atoms with van der Waals surface area (Å²) in [4.78, 5) is 37.6. The van der Waals surface area contributed by atoms with Gasteiger partial charge in [0.2, 0.25) is 0 Å². The number of likely N-dealkylation sites (N-methyl/N-ethyl adjacent to an activating group) is 1. The van der Waals surface area contributed by atoms with Crippen molar-refractivity contribution in [1.82, 2.24) is 5.06 Å². The first-order chi connectivity index (χ1) is 8.86. The Labute approximate surface area is 112 Å². The third-order valence-corrected chi connectivity index (χ3v) is 2.06. The van der Waals surface area contributed by atoms with Crippen LogP contribution in [0, 0.1) is 0 Å². The Bertz CT molecular complexity index is 352. The molecule has 19 heavy (non-hydrogen) atoms. The van der Waals surface area contributed by atoms with Crippen LogP contribution < -0.4 is 0 Å². The Morgan fingerprint density at radius 3 is 2.32 bits per heavy atom. The van der Waals surface area contributed by atoms with E-state index in [0.29, 0.717) is 0 Å². The molecule has 0 saturated carbocycles. The predicted octanol–water partition coefficient (Wildman–Crippen LogP) is 0.447. The molecular formula is C12H19NO6. The Kier molecular flexibility index (Phi) is 8.19. The number of hydroxylamine groups is 2. The third kappa shape index (κ3) is 8.78. The van der Waals surface area contributed by atoms with Crippen molar-refractivity contribution in [1.29, 1.82) is 0 Å². The quantitative estimate of drug-likeness (QED) is 0.380. The van der Waals surface area contributed by atoms with E-state index in [0.717, 1.165) is 5.06 Å². The summed E-state index contributed by atoms with van der Waals surface area (Å²) >= 11 is 0. The zero-order valence-electron chi connectivity index (χ0n) is 11.5. The second-order valence-electron chi connectivity index (χ2n) is 3.65. The summed E-state index contributed by atoms with van der Waals surface area (Å²) in [5.74, 6) is -1.29. The summed E-state index contributed by atoms with van der Waals surface area (Å²) < 4.78 is 9.71. The average Bonchev–Trinajstić information content (AvgIpc) is 2.33. The molecule has 108 valence electrons. The van der Waals surface area contributed by atoms with Gasteiger partial charge in [-0.05, 0) is 6.08 Å². The highest BCUT2D eigenvalue weighted by Crippen LogP contribution is 2.03. The molecule has 1 unspecified atom stereocenters. The number of carbonyl (C=O) groups is 3. The molecule has 0 aliphatic carbocycles. The van der Waals surface area contributed by atoms with Gasteiger partial charge in [-0.15, -0.1) is 0 Å². The second kappa shape index (κ2) is 9.09. The number of hydrogen-bond donors (Lipinski definition) is 0. The fraction of sp³-hybridized carbons (Fsp3) is 0.583. The molecule has 0 aromatic carbocycles. The van der Waals surface area contributed by atoms with Gasteiger partial charge in [-0.1, -0.05) is 0 Å². The maximum Gasteiger partial charge on any atom is 0.303 e. The van der Waals surface area contributed by atoms with E-state index in [1.165, 1.54) is 40.2 Å². The minimum absolute atomic E-state index is 0.103. The highest BCUT2D eigenvalue weighted by Gasteiger charge is 2.11. The van der Waals surface area contributed by atoms with Gasteiger partial charge in [0.05, 0.1) is 13.7 Å². The van der Waals surface area contributed by atoms with Gasteiger partial charge in [-0.25, -0.2) is 5.06 Å². The van der Waals surface area contributed by atoms with Crippen molar-refractivity contribution in [2.45, 2.75) is 26.4 Å². The highest BCUT2D eigenvalue weighted by atomic mass is 16.7. The van der Waals surface area contributed by atoms with Gasteiger partial charge in [0, 0.05) is 33.4 Å². The van der Waals surface area contributed by atoms with Gasteiger partial charge in [0.1, 0.15) is 6.10 Å². The lowest BCUT2D eigenvalue weighted by atomic mass is 10.2. The Morgan fingerprint density at radius 2 is 1.84 bits per heavy atom. The lowest BCUT2D eigenvalue weighted by molar-refractivity contribution is -0.162. The maximum absolute atomic E-state index is 11.4. The smallest absolute Gasteiger partial charge is 0.303 e. The molecule has 0 rings (SSSR count). The molecule has 7 heteroatoms. The molecule has 0 aliphatic heterocycles. The van der Waals surface area contributed by atoms with E-state index in [1.54, 1.807) is 0 Å². The first kappa shape index (κ1) is 17.1. The fourth-order valence-corrected chi connectivity index (χ4v) is 1.11. The lowest BCUT2D eigenvalue weighted by Crippen LogP contribution is -2.24. The number of amides is 1. The first-order valence-corrected chi connectivity index (χ1v) is 5.67. The van der Waals surface area contributed by atoms with Crippen LogP contribution in [-0.2, 0) is 28.7 Å². The van der Waals surface area contributed by atoms with Gasteiger partial charge >= 0.3 is 11.9 Å². The van der Waals surface area contributed by atoms with Crippen molar-refractivity contribution in [3.8, 4) is 0 Å². The number of carbonyl (C=O) groups excluding carboxylic acids is 3. The monoisotopic (exact) mass is 273 g/mol. The van der Waals surface area contributed by atoms with Crippen LogP contribution in [0.5, 0.6) is 0 Å². The second-order valence-corrected chi connectivity index (χ2v) is 3.65.